The van der Waals surface area contributed by atoms with Gasteiger partial charge in [-0.2, -0.15) is 0 Å². The Kier molecular flexibility index (Phi) is 6.08. The molecule has 2 aromatic carbocycles. The number of amides is 2. The molecular weight excluding hydrogens is 342 g/mol. The van der Waals surface area contributed by atoms with Gasteiger partial charge in [-0.15, -0.1) is 0 Å². The SMILES string of the molecule is CCN(CC(=O)Nc1ccccc1OC)CC(=O)N1CCc2ccccc21. The van der Waals surface area contributed by atoms with Crippen molar-refractivity contribution in [2.45, 2.75) is 13.3 Å². The summed E-state index contributed by atoms with van der Waals surface area (Å²) in [6, 6.07) is 15.2. The number of para-hydroxylation sites is 3. The summed E-state index contributed by atoms with van der Waals surface area (Å²) in [6.45, 7) is 3.62. The minimum absolute atomic E-state index is 0.0203. The van der Waals surface area contributed by atoms with Crippen molar-refractivity contribution in [3.63, 3.8) is 0 Å². The van der Waals surface area contributed by atoms with Crippen molar-refractivity contribution in [1.82, 2.24) is 4.90 Å². The summed E-state index contributed by atoms with van der Waals surface area (Å²) in [6.07, 6.45) is 0.877. The molecule has 0 atom stereocenters. The molecule has 0 unspecified atom stereocenters. The van der Waals surface area contributed by atoms with Crippen LogP contribution in [0.15, 0.2) is 48.5 Å². The first-order valence-corrected chi connectivity index (χ1v) is 9.16. The lowest BCUT2D eigenvalue weighted by Crippen LogP contribution is -2.42. The summed E-state index contributed by atoms with van der Waals surface area (Å²) >= 11 is 0. The highest BCUT2D eigenvalue weighted by molar-refractivity contribution is 5.98. The van der Waals surface area contributed by atoms with Gasteiger partial charge >= 0.3 is 0 Å². The molecule has 0 fully saturated rings. The van der Waals surface area contributed by atoms with Gasteiger partial charge in [0.2, 0.25) is 11.8 Å². The third-order valence-corrected chi connectivity index (χ3v) is 4.74. The van der Waals surface area contributed by atoms with E-state index in [0.29, 0.717) is 24.5 Å². The number of anilines is 2. The molecule has 1 aliphatic rings. The van der Waals surface area contributed by atoms with E-state index in [4.69, 9.17) is 4.74 Å². The van der Waals surface area contributed by atoms with Crippen molar-refractivity contribution < 1.29 is 14.3 Å². The topological polar surface area (TPSA) is 61.9 Å². The quantitative estimate of drug-likeness (QED) is 0.817. The molecule has 2 aromatic rings. The van der Waals surface area contributed by atoms with Crippen LogP contribution in [0.1, 0.15) is 12.5 Å². The Bertz CT molecular complexity index is 822. The second-order valence-corrected chi connectivity index (χ2v) is 6.48. The molecule has 0 saturated heterocycles. The summed E-state index contributed by atoms with van der Waals surface area (Å²) in [7, 11) is 1.57. The van der Waals surface area contributed by atoms with Crippen molar-refractivity contribution in [2.24, 2.45) is 0 Å². The van der Waals surface area contributed by atoms with E-state index in [2.05, 4.69) is 11.4 Å². The highest BCUT2D eigenvalue weighted by atomic mass is 16.5. The number of hydrogen-bond acceptors (Lipinski definition) is 4. The van der Waals surface area contributed by atoms with E-state index in [-0.39, 0.29) is 24.9 Å². The lowest BCUT2D eigenvalue weighted by molar-refractivity contribution is -0.121. The molecule has 6 nitrogen and oxygen atoms in total. The van der Waals surface area contributed by atoms with Crippen LogP contribution >= 0.6 is 0 Å². The first kappa shape index (κ1) is 18.9. The lowest BCUT2D eigenvalue weighted by Gasteiger charge is -2.24. The standard InChI is InChI=1S/C21H25N3O3/c1-3-23(14-20(25)22-17-9-5-7-11-19(17)27-2)15-21(26)24-13-12-16-8-4-6-10-18(16)24/h4-11H,3,12-15H2,1-2H3,(H,22,25). The van der Waals surface area contributed by atoms with E-state index in [1.807, 2.05) is 47.1 Å². The van der Waals surface area contributed by atoms with Crippen LogP contribution in [0.2, 0.25) is 0 Å². The van der Waals surface area contributed by atoms with Gasteiger partial charge in [-0.1, -0.05) is 37.3 Å². The fourth-order valence-electron chi connectivity index (χ4n) is 3.29. The van der Waals surface area contributed by atoms with Gasteiger partial charge in [-0.25, -0.2) is 0 Å². The fraction of sp³-hybridized carbons (Fsp3) is 0.333. The summed E-state index contributed by atoms with van der Waals surface area (Å²) in [4.78, 5) is 28.8. The predicted octanol–water partition coefficient (Wildman–Crippen LogP) is 2.54. The average Bonchev–Trinajstić information content (AvgIpc) is 3.12. The zero-order chi connectivity index (χ0) is 19.2. The van der Waals surface area contributed by atoms with E-state index in [1.54, 1.807) is 19.2 Å². The molecule has 1 aliphatic heterocycles. The Balaban J connectivity index is 1.59. The third-order valence-electron chi connectivity index (χ3n) is 4.74. The first-order valence-electron chi connectivity index (χ1n) is 9.16. The lowest BCUT2D eigenvalue weighted by atomic mass is 10.2. The number of carbonyl (C=O) groups is 2. The van der Waals surface area contributed by atoms with Gasteiger partial charge in [-0.3, -0.25) is 14.5 Å². The van der Waals surface area contributed by atoms with Crippen LogP contribution in [0.5, 0.6) is 5.75 Å². The molecule has 27 heavy (non-hydrogen) atoms. The van der Waals surface area contributed by atoms with Gasteiger partial charge in [-0.05, 0) is 36.7 Å². The van der Waals surface area contributed by atoms with Crippen LogP contribution in [0.25, 0.3) is 0 Å². The van der Waals surface area contributed by atoms with Crippen LogP contribution in [-0.2, 0) is 16.0 Å². The van der Waals surface area contributed by atoms with Crippen molar-refractivity contribution in [3.05, 3.63) is 54.1 Å². The van der Waals surface area contributed by atoms with Crippen LogP contribution in [0, 0.1) is 0 Å². The zero-order valence-electron chi connectivity index (χ0n) is 15.8. The van der Waals surface area contributed by atoms with E-state index < -0.39 is 0 Å². The number of nitrogens with one attached hydrogen (secondary N) is 1. The number of rotatable bonds is 7. The monoisotopic (exact) mass is 367 g/mol. The number of hydrogen-bond donors (Lipinski definition) is 1. The molecule has 0 spiro atoms. The van der Waals surface area contributed by atoms with E-state index in [1.165, 1.54) is 5.56 Å². The third kappa shape index (κ3) is 4.46. The second-order valence-electron chi connectivity index (χ2n) is 6.48. The Labute approximate surface area is 159 Å². The average molecular weight is 367 g/mol. The highest BCUT2D eigenvalue weighted by Crippen LogP contribution is 2.27. The van der Waals surface area contributed by atoms with Crippen LogP contribution in [-0.4, -0.2) is 50.0 Å². The van der Waals surface area contributed by atoms with Crippen molar-refractivity contribution in [1.29, 1.82) is 0 Å². The molecule has 0 saturated carbocycles. The van der Waals surface area contributed by atoms with Gasteiger partial charge in [0.25, 0.3) is 0 Å². The summed E-state index contributed by atoms with van der Waals surface area (Å²) < 4.78 is 5.25. The molecule has 142 valence electrons. The minimum atomic E-state index is -0.170. The minimum Gasteiger partial charge on any atom is -0.495 e. The van der Waals surface area contributed by atoms with Crippen molar-refractivity contribution in [3.8, 4) is 5.75 Å². The number of fused-ring (bicyclic) bond motifs is 1. The zero-order valence-corrected chi connectivity index (χ0v) is 15.8. The van der Waals surface area contributed by atoms with E-state index in [9.17, 15) is 9.59 Å². The Morgan fingerprint density at radius 1 is 1.11 bits per heavy atom. The Hall–Kier alpha value is -2.86. The second kappa shape index (κ2) is 8.68. The number of ether oxygens (including phenoxy) is 1. The molecule has 0 aliphatic carbocycles. The number of methoxy groups -OCH3 is 1. The van der Waals surface area contributed by atoms with E-state index >= 15 is 0 Å². The van der Waals surface area contributed by atoms with Gasteiger partial charge < -0.3 is 15.0 Å². The summed E-state index contributed by atoms with van der Waals surface area (Å²) in [5.74, 6) is 0.460. The summed E-state index contributed by atoms with van der Waals surface area (Å²) in [5, 5.41) is 2.85. The summed E-state index contributed by atoms with van der Waals surface area (Å²) in [5.41, 5.74) is 2.81. The first-order chi connectivity index (χ1) is 13.1. The highest BCUT2D eigenvalue weighted by Gasteiger charge is 2.25. The van der Waals surface area contributed by atoms with Crippen molar-refractivity contribution >= 4 is 23.2 Å². The molecular formula is C21H25N3O3. The maximum absolute atomic E-state index is 12.8. The molecule has 2 amide bonds. The molecule has 1 N–H and O–H groups in total. The van der Waals surface area contributed by atoms with Crippen LogP contribution < -0.4 is 15.0 Å². The van der Waals surface area contributed by atoms with E-state index in [0.717, 1.165) is 12.1 Å². The molecule has 0 aromatic heterocycles. The van der Waals surface area contributed by atoms with Gasteiger partial charge in [0.1, 0.15) is 5.75 Å². The maximum Gasteiger partial charge on any atom is 0.241 e. The number of nitrogens with zero attached hydrogens (tertiary/aromatic N) is 2. The molecule has 0 bridgehead atoms. The van der Waals surface area contributed by atoms with Crippen molar-refractivity contribution in [2.75, 3.05) is 43.5 Å². The maximum atomic E-state index is 12.8. The smallest absolute Gasteiger partial charge is 0.241 e. The fourth-order valence-corrected chi connectivity index (χ4v) is 3.29. The van der Waals surface area contributed by atoms with Gasteiger partial charge in [0.15, 0.2) is 0 Å². The predicted molar refractivity (Wildman–Crippen MR) is 106 cm³/mol. The number of carbonyl (C=O) groups excluding carboxylic acids is 2. The van der Waals surface area contributed by atoms with Gasteiger partial charge in [0, 0.05) is 12.2 Å². The molecule has 6 heteroatoms. The van der Waals surface area contributed by atoms with Gasteiger partial charge in [0.05, 0.1) is 25.9 Å². The molecule has 3 rings (SSSR count). The Morgan fingerprint density at radius 2 is 1.85 bits per heavy atom. The molecule has 0 radical (unpaired) electrons. The Morgan fingerprint density at radius 3 is 2.63 bits per heavy atom. The number of likely N-dealkylation sites (N-methyl/N-ethyl adjacent to an activating group) is 1. The van der Waals surface area contributed by atoms with Crippen LogP contribution in [0.3, 0.4) is 0 Å². The van der Waals surface area contributed by atoms with Crippen LogP contribution in [0.4, 0.5) is 11.4 Å². The largest absolute Gasteiger partial charge is 0.495 e. The number of benzene rings is 2. The molecule has 1 heterocycles. The normalized spacial score (nSPS) is 12.8.